The maximum Gasteiger partial charge on any atom is 0.470 e. The summed E-state index contributed by atoms with van der Waals surface area (Å²) in [5, 5.41) is 12.8. The highest BCUT2D eigenvalue weighted by Gasteiger charge is 2.47. The van der Waals surface area contributed by atoms with Crippen LogP contribution in [0.15, 0.2) is 0 Å². The summed E-state index contributed by atoms with van der Waals surface area (Å²) in [6.07, 6.45) is 31.6. The quantitative estimate of drug-likeness (QED) is 0.0260. The van der Waals surface area contributed by atoms with Crippen molar-refractivity contribution in [1.29, 1.82) is 0 Å². The molecule has 12 nitrogen and oxygen atoms in total. The number of hydrogen-bond acceptors (Lipinski definition) is 9. The van der Waals surface area contributed by atoms with Crippen molar-refractivity contribution in [2.75, 3.05) is 13.2 Å². The molecule has 5 atom stereocenters. The standard InChI is InChI=1S/C48H92NO11P/c1-4-7-10-13-16-19-21-24-27-30-33-36-45(52)58-41(35-32-29-26-23-18-15-12-9-6-3)38-44(51)49-42-40-57-43(39-50)48(60-61(54,55)56)47(42)59-46(53)37-34-31-28-25-22-20-17-14-11-8-5-2/h41-43,47-48,50H,4-40H2,1-3H3,(H,49,51)(H2,54,55,56). The molecular formula is C48H92NO11P. The number of nitrogens with one attached hydrogen (secondary N) is 1. The molecule has 0 aliphatic carbocycles. The smallest absolute Gasteiger partial charge is 0.462 e. The molecule has 1 heterocycles. The van der Waals surface area contributed by atoms with Crippen molar-refractivity contribution in [3.05, 3.63) is 0 Å². The van der Waals surface area contributed by atoms with Gasteiger partial charge in [-0.15, -0.1) is 0 Å². The molecule has 61 heavy (non-hydrogen) atoms. The third-order valence-corrected chi connectivity index (χ3v) is 12.5. The minimum Gasteiger partial charge on any atom is -0.462 e. The van der Waals surface area contributed by atoms with Gasteiger partial charge in [-0.05, 0) is 25.7 Å². The number of amides is 1. The molecular weight excluding hydrogens is 797 g/mol. The lowest BCUT2D eigenvalue weighted by Gasteiger charge is -2.41. The second-order valence-electron chi connectivity index (χ2n) is 17.7. The highest BCUT2D eigenvalue weighted by atomic mass is 31.2. The van der Waals surface area contributed by atoms with Crippen molar-refractivity contribution in [3.8, 4) is 0 Å². The number of carbonyl (C=O) groups is 3. The number of phosphoric ester groups is 1. The van der Waals surface area contributed by atoms with Crippen LogP contribution in [-0.2, 0) is 37.7 Å². The molecule has 0 aromatic carbocycles. The van der Waals surface area contributed by atoms with Gasteiger partial charge in [-0.1, -0.05) is 201 Å². The van der Waals surface area contributed by atoms with E-state index in [4.69, 9.17) is 18.7 Å². The summed E-state index contributed by atoms with van der Waals surface area (Å²) in [5.74, 6) is -1.38. The van der Waals surface area contributed by atoms with E-state index in [1.165, 1.54) is 128 Å². The van der Waals surface area contributed by atoms with Crippen molar-refractivity contribution in [3.63, 3.8) is 0 Å². The first-order chi connectivity index (χ1) is 29.5. The van der Waals surface area contributed by atoms with E-state index in [2.05, 4.69) is 26.1 Å². The lowest BCUT2D eigenvalue weighted by Crippen LogP contribution is -2.62. The van der Waals surface area contributed by atoms with Crippen LogP contribution in [0.5, 0.6) is 0 Å². The monoisotopic (exact) mass is 890 g/mol. The predicted octanol–water partition coefficient (Wildman–Crippen LogP) is 11.9. The number of esters is 2. The van der Waals surface area contributed by atoms with Gasteiger partial charge in [0.2, 0.25) is 5.91 Å². The highest BCUT2D eigenvalue weighted by Crippen LogP contribution is 2.41. The average Bonchev–Trinajstić information content (AvgIpc) is 3.22. The molecule has 0 aromatic heterocycles. The van der Waals surface area contributed by atoms with E-state index in [0.717, 1.165) is 64.2 Å². The van der Waals surface area contributed by atoms with Crippen LogP contribution in [0.25, 0.3) is 0 Å². The summed E-state index contributed by atoms with van der Waals surface area (Å²) >= 11 is 0. The first-order valence-corrected chi connectivity index (χ1v) is 26.7. The zero-order chi connectivity index (χ0) is 44.8. The van der Waals surface area contributed by atoms with E-state index in [0.29, 0.717) is 19.3 Å². The van der Waals surface area contributed by atoms with Crippen LogP contribution in [0.1, 0.15) is 245 Å². The van der Waals surface area contributed by atoms with Crippen LogP contribution < -0.4 is 5.32 Å². The Balaban J connectivity index is 2.81. The Hall–Kier alpha value is -1.56. The largest absolute Gasteiger partial charge is 0.470 e. The Kier molecular flexibility index (Phi) is 36.6. The fourth-order valence-electron chi connectivity index (χ4n) is 8.25. The van der Waals surface area contributed by atoms with Gasteiger partial charge in [-0.2, -0.15) is 0 Å². The SMILES string of the molecule is CCCCCCCCCCCCCC(=O)OC(CCCCCCCCCCC)CC(=O)NC1COC(CO)C(OP(=O)(O)O)C1OC(=O)CCCCCCCCCCCCC. The summed E-state index contributed by atoms with van der Waals surface area (Å²) in [7, 11) is -5.12. The lowest BCUT2D eigenvalue weighted by atomic mass is 9.97. The van der Waals surface area contributed by atoms with Crippen molar-refractivity contribution < 1.29 is 52.6 Å². The number of hydrogen-bond donors (Lipinski definition) is 4. The summed E-state index contributed by atoms with van der Waals surface area (Å²) in [6, 6.07) is -1.02. The van der Waals surface area contributed by atoms with E-state index in [1.54, 1.807) is 0 Å². The maximum atomic E-state index is 13.6. The number of rotatable bonds is 42. The molecule has 0 saturated carbocycles. The van der Waals surface area contributed by atoms with Gasteiger partial charge in [-0.25, -0.2) is 4.57 Å². The molecule has 1 rings (SSSR count). The first kappa shape index (κ1) is 57.5. The van der Waals surface area contributed by atoms with Gasteiger partial charge >= 0.3 is 19.8 Å². The van der Waals surface area contributed by atoms with Gasteiger partial charge in [0.1, 0.15) is 18.3 Å². The van der Waals surface area contributed by atoms with Gasteiger partial charge in [-0.3, -0.25) is 18.9 Å². The van der Waals surface area contributed by atoms with Gasteiger partial charge in [0, 0.05) is 12.8 Å². The highest BCUT2D eigenvalue weighted by molar-refractivity contribution is 7.46. The molecule has 1 fully saturated rings. The second-order valence-corrected chi connectivity index (χ2v) is 18.9. The van der Waals surface area contributed by atoms with E-state index in [1.807, 2.05) is 0 Å². The van der Waals surface area contributed by atoms with Gasteiger partial charge < -0.3 is 34.4 Å². The third kappa shape index (κ3) is 32.7. The molecule has 1 saturated heterocycles. The van der Waals surface area contributed by atoms with Crippen molar-refractivity contribution in [1.82, 2.24) is 5.32 Å². The van der Waals surface area contributed by atoms with Crippen molar-refractivity contribution >= 4 is 25.7 Å². The van der Waals surface area contributed by atoms with E-state index in [9.17, 15) is 33.8 Å². The Morgan fingerprint density at radius 1 is 0.590 bits per heavy atom. The predicted molar refractivity (Wildman–Crippen MR) is 244 cm³/mol. The average molecular weight is 890 g/mol. The summed E-state index contributed by atoms with van der Waals surface area (Å²) in [6.45, 7) is 5.83. The minimum atomic E-state index is -5.12. The fourth-order valence-corrected chi connectivity index (χ4v) is 8.83. The molecule has 1 aliphatic heterocycles. The normalized spacial score (nSPS) is 18.5. The molecule has 5 unspecified atom stereocenters. The Morgan fingerprint density at radius 3 is 1.39 bits per heavy atom. The molecule has 1 aliphatic rings. The van der Waals surface area contributed by atoms with Crippen LogP contribution >= 0.6 is 7.82 Å². The summed E-state index contributed by atoms with van der Waals surface area (Å²) < 4.78 is 34.5. The fraction of sp³-hybridized carbons (Fsp3) is 0.938. The van der Waals surface area contributed by atoms with Crippen LogP contribution in [0.3, 0.4) is 0 Å². The van der Waals surface area contributed by atoms with Crippen LogP contribution in [0, 0.1) is 0 Å². The van der Waals surface area contributed by atoms with Gasteiger partial charge in [0.05, 0.1) is 25.7 Å². The van der Waals surface area contributed by atoms with Gasteiger partial charge in [0.25, 0.3) is 0 Å². The number of aliphatic hydroxyl groups is 1. The maximum absolute atomic E-state index is 13.6. The number of ether oxygens (including phenoxy) is 3. The summed E-state index contributed by atoms with van der Waals surface area (Å²) in [4.78, 5) is 59.3. The van der Waals surface area contributed by atoms with Crippen molar-refractivity contribution in [2.24, 2.45) is 0 Å². The van der Waals surface area contributed by atoms with E-state index < -0.39 is 56.8 Å². The first-order valence-electron chi connectivity index (χ1n) is 25.2. The Labute approximate surface area is 371 Å². The molecule has 4 N–H and O–H groups in total. The number of carbonyl (C=O) groups excluding carboxylic acids is 3. The Bertz CT molecular complexity index is 1120. The zero-order valence-electron chi connectivity index (χ0n) is 39.1. The number of aliphatic hydroxyl groups excluding tert-OH is 1. The molecule has 0 radical (unpaired) electrons. The molecule has 0 aromatic rings. The molecule has 0 spiro atoms. The third-order valence-electron chi connectivity index (χ3n) is 11.9. The van der Waals surface area contributed by atoms with E-state index >= 15 is 0 Å². The van der Waals surface area contributed by atoms with Gasteiger partial charge in [0.15, 0.2) is 6.10 Å². The summed E-state index contributed by atoms with van der Waals surface area (Å²) in [5.41, 5.74) is 0. The lowest BCUT2D eigenvalue weighted by molar-refractivity contribution is -0.188. The molecule has 13 heteroatoms. The van der Waals surface area contributed by atoms with Crippen molar-refractivity contribution in [2.45, 2.75) is 276 Å². The minimum absolute atomic E-state index is 0.0946. The molecule has 360 valence electrons. The second kappa shape index (κ2) is 38.9. The molecule has 0 bridgehead atoms. The molecule has 1 amide bonds. The van der Waals surface area contributed by atoms with Crippen LogP contribution in [-0.4, -0.2) is 76.4 Å². The van der Waals surface area contributed by atoms with Crippen LogP contribution in [0.4, 0.5) is 0 Å². The number of phosphoric acid groups is 1. The number of unbranched alkanes of at least 4 members (excludes halogenated alkanes) is 28. The van der Waals surface area contributed by atoms with Crippen LogP contribution in [0.2, 0.25) is 0 Å². The Morgan fingerprint density at radius 2 is 0.984 bits per heavy atom. The zero-order valence-corrected chi connectivity index (χ0v) is 40.0. The topological polar surface area (TPSA) is 178 Å². The van der Waals surface area contributed by atoms with E-state index in [-0.39, 0.29) is 25.4 Å².